The molecule has 1 fully saturated rings. The zero-order valence-corrected chi connectivity index (χ0v) is 11.4. The van der Waals surface area contributed by atoms with Crippen LogP contribution < -0.4 is 4.74 Å². The highest BCUT2D eigenvalue weighted by atomic mass is 16.5. The van der Waals surface area contributed by atoms with Gasteiger partial charge in [0.05, 0.1) is 12.7 Å². The van der Waals surface area contributed by atoms with Crippen molar-refractivity contribution in [2.24, 2.45) is 5.92 Å². The lowest BCUT2D eigenvalue weighted by atomic mass is 10.2. The average molecular weight is 276 g/mol. The van der Waals surface area contributed by atoms with Gasteiger partial charge in [0.25, 0.3) is 5.89 Å². The largest absolute Gasteiger partial charge is 0.504 e. The van der Waals surface area contributed by atoms with Gasteiger partial charge in [-0.3, -0.25) is 0 Å². The predicted molar refractivity (Wildman–Crippen MR) is 70.4 cm³/mol. The van der Waals surface area contributed by atoms with Crippen LogP contribution in [0, 0.1) is 5.92 Å². The topological polar surface area (TPSA) is 77.6 Å². The highest BCUT2D eigenvalue weighted by Gasteiger charge is 2.35. The van der Waals surface area contributed by atoms with Crippen molar-refractivity contribution in [1.82, 2.24) is 10.1 Å². The normalized spacial score (nSPS) is 16.1. The minimum absolute atomic E-state index is 0.00871. The van der Waals surface area contributed by atoms with Crippen LogP contribution in [0.15, 0.2) is 22.7 Å². The van der Waals surface area contributed by atoms with Crippen molar-refractivity contribution in [2.75, 3.05) is 14.2 Å². The van der Waals surface area contributed by atoms with Gasteiger partial charge in [-0.15, -0.1) is 0 Å². The maximum absolute atomic E-state index is 10.1. The summed E-state index contributed by atoms with van der Waals surface area (Å²) < 4.78 is 15.7. The first-order valence-electron chi connectivity index (χ1n) is 6.47. The summed E-state index contributed by atoms with van der Waals surface area (Å²) >= 11 is 0. The Hall–Kier alpha value is -2.08. The number of methoxy groups -OCH3 is 2. The van der Waals surface area contributed by atoms with Gasteiger partial charge in [0.15, 0.2) is 11.5 Å². The Labute approximate surface area is 116 Å². The van der Waals surface area contributed by atoms with E-state index in [1.54, 1.807) is 25.3 Å². The number of phenols is 1. The molecule has 2 aromatic rings. The molecule has 1 aliphatic rings. The van der Waals surface area contributed by atoms with Crippen LogP contribution in [-0.2, 0) is 4.74 Å². The molecule has 1 aromatic heterocycles. The molecule has 1 unspecified atom stereocenters. The zero-order chi connectivity index (χ0) is 14.1. The van der Waals surface area contributed by atoms with Gasteiger partial charge in [-0.1, -0.05) is 11.2 Å². The molecule has 106 valence electrons. The predicted octanol–water partition coefficient (Wildman–Crippen LogP) is 2.55. The monoisotopic (exact) mass is 276 g/mol. The van der Waals surface area contributed by atoms with Gasteiger partial charge in [-0.05, 0) is 30.9 Å². The van der Waals surface area contributed by atoms with E-state index in [-0.39, 0.29) is 17.7 Å². The molecule has 1 atom stereocenters. The molecule has 0 amide bonds. The van der Waals surface area contributed by atoms with E-state index in [1.165, 1.54) is 7.11 Å². The van der Waals surface area contributed by atoms with E-state index in [1.807, 2.05) is 0 Å². The number of ether oxygens (including phenoxy) is 2. The van der Waals surface area contributed by atoms with Crippen LogP contribution in [-0.4, -0.2) is 29.5 Å². The van der Waals surface area contributed by atoms with Crippen LogP contribution in [0.1, 0.15) is 24.8 Å². The van der Waals surface area contributed by atoms with Crippen LogP contribution in [0.25, 0.3) is 11.5 Å². The maximum atomic E-state index is 10.1. The summed E-state index contributed by atoms with van der Waals surface area (Å²) in [5.74, 6) is 1.61. The third-order valence-corrected chi connectivity index (χ3v) is 3.45. The Morgan fingerprint density at radius 2 is 2.15 bits per heavy atom. The fourth-order valence-electron chi connectivity index (χ4n) is 2.23. The fourth-order valence-corrected chi connectivity index (χ4v) is 2.23. The first kappa shape index (κ1) is 12.9. The van der Waals surface area contributed by atoms with Crippen molar-refractivity contribution in [1.29, 1.82) is 0 Å². The van der Waals surface area contributed by atoms with E-state index in [2.05, 4.69) is 10.1 Å². The maximum Gasteiger partial charge on any atom is 0.261 e. The zero-order valence-electron chi connectivity index (χ0n) is 11.4. The van der Waals surface area contributed by atoms with Gasteiger partial charge in [0.1, 0.15) is 6.10 Å². The molecule has 1 saturated carbocycles. The molecule has 6 heteroatoms. The van der Waals surface area contributed by atoms with E-state index in [0.717, 1.165) is 12.8 Å². The van der Waals surface area contributed by atoms with Crippen LogP contribution in [0.3, 0.4) is 0 Å². The van der Waals surface area contributed by atoms with Crippen LogP contribution in [0.4, 0.5) is 0 Å². The quantitative estimate of drug-likeness (QED) is 0.904. The lowest BCUT2D eigenvalue weighted by Crippen LogP contribution is -2.05. The Bertz CT molecular complexity index is 607. The Morgan fingerprint density at radius 3 is 2.80 bits per heavy atom. The van der Waals surface area contributed by atoms with Crippen molar-refractivity contribution in [2.45, 2.75) is 18.9 Å². The minimum atomic E-state index is -0.139. The third kappa shape index (κ3) is 2.22. The molecule has 0 spiro atoms. The summed E-state index contributed by atoms with van der Waals surface area (Å²) in [6.45, 7) is 0. The second kappa shape index (κ2) is 5.13. The molecule has 1 heterocycles. The highest BCUT2D eigenvalue weighted by molar-refractivity contribution is 5.66. The number of aromatic nitrogens is 2. The number of benzene rings is 1. The lowest BCUT2D eigenvalue weighted by molar-refractivity contribution is 0.0751. The van der Waals surface area contributed by atoms with E-state index in [0.29, 0.717) is 23.1 Å². The molecule has 3 rings (SSSR count). The average Bonchev–Trinajstić information content (AvgIpc) is 3.18. The van der Waals surface area contributed by atoms with E-state index in [4.69, 9.17) is 14.0 Å². The van der Waals surface area contributed by atoms with Gasteiger partial charge in [-0.2, -0.15) is 4.98 Å². The molecule has 1 aliphatic carbocycles. The highest BCUT2D eigenvalue weighted by Crippen LogP contribution is 2.43. The number of para-hydroxylation sites is 1. The van der Waals surface area contributed by atoms with Crippen LogP contribution >= 0.6 is 0 Å². The number of hydrogen-bond donors (Lipinski definition) is 1. The number of phenolic OH excluding ortho intramolecular Hbond substituents is 1. The third-order valence-electron chi connectivity index (χ3n) is 3.45. The van der Waals surface area contributed by atoms with Crippen molar-refractivity contribution in [3.8, 4) is 23.0 Å². The lowest BCUT2D eigenvalue weighted by Gasteiger charge is -2.08. The van der Waals surface area contributed by atoms with Crippen molar-refractivity contribution >= 4 is 0 Å². The molecule has 0 saturated heterocycles. The van der Waals surface area contributed by atoms with Gasteiger partial charge in [-0.25, -0.2) is 0 Å². The number of nitrogens with zero attached hydrogens (tertiary/aromatic N) is 2. The van der Waals surface area contributed by atoms with Gasteiger partial charge in [0, 0.05) is 7.11 Å². The number of aromatic hydroxyl groups is 1. The van der Waals surface area contributed by atoms with Gasteiger partial charge < -0.3 is 19.1 Å². The van der Waals surface area contributed by atoms with Crippen molar-refractivity contribution in [3.05, 3.63) is 24.0 Å². The molecule has 0 bridgehead atoms. The Morgan fingerprint density at radius 1 is 1.35 bits per heavy atom. The Kier molecular flexibility index (Phi) is 3.31. The summed E-state index contributed by atoms with van der Waals surface area (Å²) in [6.07, 6.45) is 2.10. The van der Waals surface area contributed by atoms with Crippen molar-refractivity contribution in [3.63, 3.8) is 0 Å². The summed E-state index contributed by atoms with van der Waals surface area (Å²) in [4.78, 5) is 4.33. The van der Waals surface area contributed by atoms with Crippen molar-refractivity contribution < 1.29 is 19.1 Å². The summed E-state index contributed by atoms with van der Waals surface area (Å²) in [5.41, 5.74) is 0.453. The SMILES string of the molecule is COc1cccc(-c2nc(C(OC)C3CC3)no2)c1O. The van der Waals surface area contributed by atoms with E-state index in [9.17, 15) is 5.11 Å². The molecule has 0 aliphatic heterocycles. The standard InChI is InChI=1S/C14H16N2O4/c1-18-10-5-3-4-9(11(10)17)14-15-13(16-20-14)12(19-2)8-6-7-8/h3-5,8,12,17H,6-7H2,1-2H3. The number of rotatable bonds is 5. The molecule has 6 nitrogen and oxygen atoms in total. The van der Waals surface area contributed by atoms with Gasteiger partial charge >= 0.3 is 0 Å². The minimum Gasteiger partial charge on any atom is -0.504 e. The first-order valence-corrected chi connectivity index (χ1v) is 6.47. The molecule has 1 N–H and O–H groups in total. The smallest absolute Gasteiger partial charge is 0.261 e. The van der Waals surface area contributed by atoms with E-state index < -0.39 is 0 Å². The van der Waals surface area contributed by atoms with E-state index >= 15 is 0 Å². The molecule has 20 heavy (non-hydrogen) atoms. The Balaban J connectivity index is 1.93. The summed E-state index contributed by atoms with van der Waals surface area (Å²) in [5, 5.41) is 14.0. The summed E-state index contributed by atoms with van der Waals surface area (Å²) in [6, 6.07) is 5.12. The second-order valence-electron chi connectivity index (χ2n) is 4.81. The molecule has 1 aromatic carbocycles. The molecule has 0 radical (unpaired) electrons. The molecular weight excluding hydrogens is 260 g/mol. The second-order valence-corrected chi connectivity index (χ2v) is 4.81. The molecular formula is C14H16N2O4. The fraction of sp³-hybridized carbons (Fsp3) is 0.429. The number of hydrogen-bond acceptors (Lipinski definition) is 6. The first-order chi connectivity index (χ1) is 9.74. The van der Waals surface area contributed by atoms with Crippen LogP contribution in [0.5, 0.6) is 11.5 Å². The summed E-state index contributed by atoms with van der Waals surface area (Å²) in [7, 11) is 3.13. The van der Waals surface area contributed by atoms with Crippen LogP contribution in [0.2, 0.25) is 0 Å². The van der Waals surface area contributed by atoms with Gasteiger partial charge in [0.2, 0.25) is 5.82 Å².